The van der Waals surface area contributed by atoms with Crippen molar-refractivity contribution in [3.63, 3.8) is 0 Å². The van der Waals surface area contributed by atoms with Gasteiger partial charge in [-0.15, -0.1) is 0 Å². The summed E-state index contributed by atoms with van der Waals surface area (Å²) in [5.74, 6) is 2.17. The minimum absolute atomic E-state index is 0.184. The van der Waals surface area contributed by atoms with Crippen molar-refractivity contribution >= 4 is 5.97 Å². The first kappa shape index (κ1) is 9.31. The zero-order chi connectivity index (χ0) is 10.3. The molecule has 2 heterocycles. The highest BCUT2D eigenvalue weighted by Crippen LogP contribution is 2.40. The van der Waals surface area contributed by atoms with E-state index >= 15 is 0 Å². The van der Waals surface area contributed by atoms with Gasteiger partial charge in [-0.3, -0.25) is 4.79 Å². The van der Waals surface area contributed by atoms with Crippen LogP contribution in [0.2, 0.25) is 0 Å². The molecule has 1 aliphatic rings. The Hall–Kier alpha value is -1.25. The summed E-state index contributed by atoms with van der Waals surface area (Å²) in [4.78, 5) is 11.3. The van der Waals surface area contributed by atoms with Crippen molar-refractivity contribution in [3.05, 3.63) is 17.6 Å². The Morgan fingerprint density at radius 1 is 1.50 bits per heavy atom. The van der Waals surface area contributed by atoms with Crippen LogP contribution in [0.4, 0.5) is 0 Å². The lowest BCUT2D eigenvalue weighted by Gasteiger charge is -2.02. The van der Waals surface area contributed by atoms with Crippen molar-refractivity contribution in [1.29, 1.82) is 0 Å². The van der Waals surface area contributed by atoms with Crippen LogP contribution in [0.15, 0.2) is 10.5 Å². The molecule has 3 heteroatoms. The fourth-order valence-corrected chi connectivity index (χ4v) is 1.65. The maximum absolute atomic E-state index is 11.3. The van der Waals surface area contributed by atoms with Crippen molar-refractivity contribution < 1.29 is 13.9 Å². The van der Waals surface area contributed by atoms with E-state index in [-0.39, 0.29) is 11.9 Å². The fourth-order valence-electron chi connectivity index (χ4n) is 1.65. The summed E-state index contributed by atoms with van der Waals surface area (Å²) in [6, 6.07) is 1.83. The molecule has 0 bridgehead atoms. The normalized spacial score (nSPS) is 20.0. The first-order chi connectivity index (χ1) is 6.63. The number of furan rings is 1. The lowest BCUT2D eigenvalue weighted by Crippen LogP contribution is -2.09. The molecule has 1 atom stereocenters. The summed E-state index contributed by atoms with van der Waals surface area (Å²) in [5.41, 5.74) is 0. The van der Waals surface area contributed by atoms with E-state index in [1.165, 1.54) is 0 Å². The highest BCUT2D eigenvalue weighted by molar-refractivity contribution is 5.84. The van der Waals surface area contributed by atoms with Crippen molar-refractivity contribution in [2.24, 2.45) is 0 Å². The van der Waals surface area contributed by atoms with Crippen molar-refractivity contribution in [1.82, 2.24) is 0 Å². The molecule has 0 aliphatic carbocycles. The number of esters is 1. The summed E-state index contributed by atoms with van der Waals surface area (Å²) in [6.45, 7) is 6.06. The molecule has 2 rings (SSSR count). The number of carbonyl (C=O) groups is 1. The van der Waals surface area contributed by atoms with Gasteiger partial charge in [-0.2, -0.15) is 0 Å². The molecule has 0 spiro atoms. The second-order valence-electron chi connectivity index (χ2n) is 3.91. The van der Waals surface area contributed by atoms with Gasteiger partial charge in [0.25, 0.3) is 0 Å². The van der Waals surface area contributed by atoms with E-state index in [0.717, 1.165) is 12.2 Å². The minimum Gasteiger partial charge on any atom is -0.461 e. The summed E-state index contributed by atoms with van der Waals surface area (Å²) in [6.07, 6.45) is 0.733. The Morgan fingerprint density at radius 3 is 2.79 bits per heavy atom. The van der Waals surface area contributed by atoms with Gasteiger partial charge < -0.3 is 9.15 Å². The number of ether oxygens (including phenoxy) is 1. The second-order valence-corrected chi connectivity index (χ2v) is 3.91. The van der Waals surface area contributed by atoms with E-state index in [2.05, 4.69) is 13.8 Å². The van der Waals surface area contributed by atoms with Crippen LogP contribution in [0.3, 0.4) is 0 Å². The number of carbonyl (C=O) groups excluding carboxylic acids is 1. The summed E-state index contributed by atoms with van der Waals surface area (Å²) < 4.78 is 10.7. The van der Waals surface area contributed by atoms with Crippen LogP contribution in [0.1, 0.15) is 50.5 Å². The molecule has 1 unspecified atom stereocenters. The summed E-state index contributed by atoms with van der Waals surface area (Å²) in [5, 5.41) is 0. The molecule has 0 saturated carbocycles. The van der Waals surface area contributed by atoms with Crippen LogP contribution < -0.4 is 4.74 Å². The van der Waals surface area contributed by atoms with E-state index in [0.29, 0.717) is 17.4 Å². The number of hydrogen-bond acceptors (Lipinski definition) is 3. The van der Waals surface area contributed by atoms with Gasteiger partial charge in [0.05, 0.1) is 0 Å². The molecule has 76 valence electrons. The molecule has 0 N–H and O–H groups in total. The average molecular weight is 194 g/mol. The molecule has 0 fully saturated rings. The van der Waals surface area contributed by atoms with E-state index in [1.807, 2.05) is 13.0 Å². The first-order valence-corrected chi connectivity index (χ1v) is 4.98. The van der Waals surface area contributed by atoms with Gasteiger partial charge in [0.1, 0.15) is 11.7 Å². The topological polar surface area (TPSA) is 39.4 Å². The Balaban J connectivity index is 2.37. The minimum atomic E-state index is -0.197. The molecule has 0 aromatic carbocycles. The molecule has 0 amide bonds. The maximum atomic E-state index is 11.3. The third-order valence-electron chi connectivity index (χ3n) is 2.53. The predicted molar refractivity (Wildman–Crippen MR) is 51.5 cm³/mol. The van der Waals surface area contributed by atoms with Gasteiger partial charge in [-0.25, -0.2) is 0 Å². The Bertz CT molecular complexity index is 363. The van der Waals surface area contributed by atoms with E-state index < -0.39 is 0 Å². The van der Waals surface area contributed by atoms with Crippen LogP contribution in [0.5, 0.6) is 5.75 Å². The Morgan fingerprint density at radius 2 is 2.21 bits per heavy atom. The molecule has 3 nitrogen and oxygen atoms in total. The Labute approximate surface area is 83.0 Å². The summed E-state index contributed by atoms with van der Waals surface area (Å²) >= 11 is 0. The molecule has 1 aliphatic heterocycles. The second kappa shape index (κ2) is 3.15. The lowest BCUT2D eigenvalue weighted by atomic mass is 10.1. The smallest absolute Gasteiger partial charge is 0.322 e. The highest BCUT2D eigenvalue weighted by Gasteiger charge is 2.36. The van der Waals surface area contributed by atoms with Crippen LogP contribution in [0, 0.1) is 0 Å². The van der Waals surface area contributed by atoms with Crippen molar-refractivity contribution in [2.45, 2.75) is 39.0 Å². The highest BCUT2D eigenvalue weighted by atomic mass is 16.6. The largest absolute Gasteiger partial charge is 0.461 e. The zero-order valence-corrected chi connectivity index (χ0v) is 8.66. The lowest BCUT2D eigenvalue weighted by molar-refractivity contribution is -0.134. The predicted octanol–water partition coefficient (Wildman–Crippen LogP) is 2.82. The van der Waals surface area contributed by atoms with Crippen LogP contribution in [-0.2, 0) is 4.79 Å². The number of hydrogen-bond donors (Lipinski definition) is 0. The van der Waals surface area contributed by atoms with Gasteiger partial charge in [0.2, 0.25) is 0 Å². The summed E-state index contributed by atoms with van der Waals surface area (Å²) in [7, 11) is 0. The van der Waals surface area contributed by atoms with Crippen LogP contribution >= 0.6 is 0 Å². The van der Waals surface area contributed by atoms with E-state index in [1.54, 1.807) is 0 Å². The quantitative estimate of drug-likeness (QED) is 0.679. The third kappa shape index (κ3) is 1.24. The van der Waals surface area contributed by atoms with Gasteiger partial charge >= 0.3 is 5.97 Å². The third-order valence-corrected chi connectivity index (χ3v) is 2.53. The van der Waals surface area contributed by atoms with Crippen LogP contribution in [-0.4, -0.2) is 5.97 Å². The van der Waals surface area contributed by atoms with Gasteiger partial charge in [-0.05, 0) is 6.42 Å². The molecule has 0 saturated heterocycles. The molecular weight excluding hydrogens is 180 g/mol. The average Bonchev–Trinajstić information content (AvgIpc) is 2.60. The Kier molecular flexibility index (Phi) is 2.10. The SMILES string of the molecule is CCC1C(=O)Oc2cc(C(C)C)oc21. The number of fused-ring (bicyclic) bond motifs is 1. The maximum Gasteiger partial charge on any atom is 0.322 e. The first-order valence-electron chi connectivity index (χ1n) is 4.98. The van der Waals surface area contributed by atoms with Crippen molar-refractivity contribution in [2.75, 3.05) is 0 Å². The molecule has 1 aromatic heterocycles. The number of rotatable bonds is 2. The van der Waals surface area contributed by atoms with Gasteiger partial charge in [0, 0.05) is 12.0 Å². The standard InChI is InChI=1S/C11H14O3/c1-4-7-10-9(14-11(7)12)5-8(13-10)6(2)3/h5-7H,4H2,1-3H3. The molecular formula is C11H14O3. The monoisotopic (exact) mass is 194 g/mol. The molecule has 0 radical (unpaired) electrons. The van der Waals surface area contributed by atoms with Gasteiger partial charge in [0.15, 0.2) is 11.5 Å². The van der Waals surface area contributed by atoms with Gasteiger partial charge in [-0.1, -0.05) is 20.8 Å². The van der Waals surface area contributed by atoms with Crippen molar-refractivity contribution in [3.8, 4) is 5.75 Å². The molecule has 14 heavy (non-hydrogen) atoms. The van der Waals surface area contributed by atoms with Crippen LogP contribution in [0.25, 0.3) is 0 Å². The molecule has 1 aromatic rings. The fraction of sp³-hybridized carbons (Fsp3) is 0.545. The zero-order valence-electron chi connectivity index (χ0n) is 8.66. The van der Waals surface area contributed by atoms with E-state index in [4.69, 9.17) is 9.15 Å². The van der Waals surface area contributed by atoms with E-state index in [9.17, 15) is 4.79 Å².